The minimum Gasteiger partial charge on any atom is -0.480 e. The van der Waals surface area contributed by atoms with Gasteiger partial charge in [0, 0.05) is 25.0 Å². The SMILES string of the molecule is CC(Cn1ccnc1)NC(=O)NC(C(=O)O)C(C)O. The molecule has 19 heavy (non-hydrogen) atoms. The monoisotopic (exact) mass is 270 g/mol. The van der Waals surface area contributed by atoms with E-state index in [9.17, 15) is 14.7 Å². The smallest absolute Gasteiger partial charge is 0.328 e. The molecule has 8 nitrogen and oxygen atoms in total. The van der Waals surface area contributed by atoms with Crippen molar-refractivity contribution in [3.8, 4) is 0 Å². The molecule has 0 fully saturated rings. The Morgan fingerprint density at radius 2 is 2.05 bits per heavy atom. The number of rotatable bonds is 6. The van der Waals surface area contributed by atoms with Crippen LogP contribution >= 0.6 is 0 Å². The van der Waals surface area contributed by atoms with Crippen molar-refractivity contribution in [3.05, 3.63) is 18.7 Å². The largest absolute Gasteiger partial charge is 0.480 e. The zero-order valence-electron chi connectivity index (χ0n) is 10.8. The van der Waals surface area contributed by atoms with E-state index in [4.69, 9.17) is 5.11 Å². The molecule has 0 bridgehead atoms. The average molecular weight is 270 g/mol. The van der Waals surface area contributed by atoms with E-state index >= 15 is 0 Å². The Labute approximate surface area is 110 Å². The molecule has 0 aromatic carbocycles. The quantitative estimate of drug-likeness (QED) is 0.551. The summed E-state index contributed by atoms with van der Waals surface area (Å²) in [5.74, 6) is -1.28. The summed E-state index contributed by atoms with van der Waals surface area (Å²) in [7, 11) is 0. The Kier molecular flexibility index (Phi) is 5.31. The lowest BCUT2D eigenvalue weighted by atomic mass is 10.2. The van der Waals surface area contributed by atoms with Gasteiger partial charge in [-0.05, 0) is 13.8 Å². The Morgan fingerprint density at radius 3 is 2.53 bits per heavy atom. The molecular formula is C11H18N4O4. The average Bonchev–Trinajstić information content (AvgIpc) is 2.77. The molecule has 0 saturated carbocycles. The van der Waals surface area contributed by atoms with Crippen LogP contribution in [0.3, 0.4) is 0 Å². The molecule has 3 atom stereocenters. The molecule has 1 aromatic rings. The number of aliphatic carboxylic acids is 1. The van der Waals surface area contributed by atoms with Crippen molar-refractivity contribution in [2.45, 2.75) is 38.6 Å². The lowest BCUT2D eigenvalue weighted by molar-refractivity contribution is -0.141. The van der Waals surface area contributed by atoms with Gasteiger partial charge in [0.2, 0.25) is 0 Å². The minimum atomic E-state index is -1.33. The number of carboxylic acids is 1. The number of hydrogen-bond acceptors (Lipinski definition) is 4. The van der Waals surface area contributed by atoms with Gasteiger partial charge in [-0.25, -0.2) is 14.6 Å². The third kappa shape index (κ3) is 4.96. The maximum absolute atomic E-state index is 11.6. The van der Waals surface area contributed by atoms with Crippen LogP contribution in [0, 0.1) is 0 Å². The highest BCUT2D eigenvalue weighted by Crippen LogP contribution is 1.95. The summed E-state index contributed by atoms with van der Waals surface area (Å²) in [6, 6.07) is -2.18. The van der Waals surface area contributed by atoms with Crippen LogP contribution in [0.25, 0.3) is 0 Å². The number of aliphatic hydroxyl groups is 1. The second-order valence-electron chi connectivity index (χ2n) is 4.33. The van der Waals surface area contributed by atoms with Crippen molar-refractivity contribution in [2.75, 3.05) is 0 Å². The van der Waals surface area contributed by atoms with Crippen LogP contribution in [0.1, 0.15) is 13.8 Å². The fourth-order valence-electron chi connectivity index (χ4n) is 1.55. The number of nitrogens with one attached hydrogen (secondary N) is 2. The number of hydrogen-bond donors (Lipinski definition) is 4. The topological polar surface area (TPSA) is 116 Å². The molecule has 3 unspecified atom stereocenters. The molecule has 0 aliphatic rings. The van der Waals surface area contributed by atoms with Gasteiger partial charge in [-0.2, -0.15) is 0 Å². The van der Waals surface area contributed by atoms with Crippen LogP contribution in [-0.2, 0) is 11.3 Å². The second kappa shape index (κ2) is 6.74. The molecule has 1 rings (SSSR count). The van der Waals surface area contributed by atoms with Crippen LogP contribution in [0.4, 0.5) is 4.79 Å². The lowest BCUT2D eigenvalue weighted by Gasteiger charge is -2.20. The van der Waals surface area contributed by atoms with Crippen molar-refractivity contribution in [1.82, 2.24) is 20.2 Å². The van der Waals surface area contributed by atoms with E-state index in [1.807, 2.05) is 0 Å². The van der Waals surface area contributed by atoms with Crippen LogP contribution < -0.4 is 10.6 Å². The molecule has 0 saturated heterocycles. The first-order valence-electron chi connectivity index (χ1n) is 5.83. The van der Waals surface area contributed by atoms with Gasteiger partial charge in [-0.3, -0.25) is 0 Å². The number of aliphatic hydroxyl groups excluding tert-OH is 1. The number of amides is 2. The number of urea groups is 1. The normalized spacial score (nSPS) is 15.3. The fourth-order valence-corrected chi connectivity index (χ4v) is 1.55. The van der Waals surface area contributed by atoms with Gasteiger partial charge in [0.05, 0.1) is 12.4 Å². The number of imidazole rings is 1. The molecule has 106 valence electrons. The number of carbonyl (C=O) groups excluding carboxylic acids is 1. The van der Waals surface area contributed by atoms with Gasteiger partial charge in [0.1, 0.15) is 0 Å². The minimum absolute atomic E-state index is 0.211. The van der Waals surface area contributed by atoms with E-state index < -0.39 is 24.1 Å². The van der Waals surface area contributed by atoms with E-state index in [1.54, 1.807) is 30.2 Å². The summed E-state index contributed by atoms with van der Waals surface area (Å²) in [6.45, 7) is 3.59. The summed E-state index contributed by atoms with van der Waals surface area (Å²) in [6.07, 6.45) is 3.82. The number of aromatic nitrogens is 2. The van der Waals surface area contributed by atoms with Crippen molar-refractivity contribution in [2.24, 2.45) is 0 Å². The molecule has 1 heterocycles. The molecule has 1 aromatic heterocycles. The maximum atomic E-state index is 11.6. The highest BCUT2D eigenvalue weighted by Gasteiger charge is 2.25. The van der Waals surface area contributed by atoms with Crippen LogP contribution in [0.2, 0.25) is 0 Å². The summed E-state index contributed by atoms with van der Waals surface area (Å²) in [5.41, 5.74) is 0. The molecule has 2 amide bonds. The van der Waals surface area contributed by atoms with Crippen molar-refractivity contribution >= 4 is 12.0 Å². The molecule has 0 radical (unpaired) electrons. The summed E-state index contributed by atoms with van der Waals surface area (Å²) in [5, 5.41) is 22.8. The molecule has 0 aliphatic carbocycles. The van der Waals surface area contributed by atoms with Gasteiger partial charge >= 0.3 is 12.0 Å². The van der Waals surface area contributed by atoms with Gasteiger partial charge in [0.25, 0.3) is 0 Å². The third-order valence-corrected chi connectivity index (χ3v) is 2.46. The third-order valence-electron chi connectivity index (χ3n) is 2.46. The summed E-state index contributed by atoms with van der Waals surface area (Å²) >= 11 is 0. The molecule has 0 spiro atoms. The maximum Gasteiger partial charge on any atom is 0.328 e. The number of carboxylic acid groups (broad SMARTS) is 1. The first-order chi connectivity index (χ1) is 8.90. The van der Waals surface area contributed by atoms with E-state index in [2.05, 4.69) is 15.6 Å². The standard InChI is InChI=1S/C11H18N4O4/c1-7(5-15-4-3-12-6-15)13-11(19)14-9(8(2)16)10(17)18/h3-4,6-9,16H,5H2,1-2H3,(H,17,18)(H2,13,14,19). The van der Waals surface area contributed by atoms with E-state index in [-0.39, 0.29) is 6.04 Å². The summed E-state index contributed by atoms with van der Waals surface area (Å²) < 4.78 is 1.79. The van der Waals surface area contributed by atoms with Gasteiger partial charge in [-0.15, -0.1) is 0 Å². The Hall–Kier alpha value is -2.09. The number of nitrogens with zero attached hydrogens (tertiary/aromatic N) is 2. The summed E-state index contributed by atoms with van der Waals surface area (Å²) in [4.78, 5) is 26.3. The highest BCUT2D eigenvalue weighted by molar-refractivity contribution is 5.83. The van der Waals surface area contributed by atoms with Gasteiger partial charge in [-0.1, -0.05) is 0 Å². The van der Waals surface area contributed by atoms with Crippen molar-refractivity contribution < 1.29 is 19.8 Å². The van der Waals surface area contributed by atoms with Crippen LogP contribution in [0.15, 0.2) is 18.7 Å². The predicted molar refractivity (Wildman–Crippen MR) is 66.5 cm³/mol. The first-order valence-corrected chi connectivity index (χ1v) is 5.83. The highest BCUT2D eigenvalue weighted by atomic mass is 16.4. The molecular weight excluding hydrogens is 252 g/mol. The lowest BCUT2D eigenvalue weighted by Crippen LogP contribution is -2.53. The van der Waals surface area contributed by atoms with E-state index in [1.165, 1.54) is 6.92 Å². The van der Waals surface area contributed by atoms with Gasteiger partial charge < -0.3 is 25.4 Å². The zero-order valence-corrected chi connectivity index (χ0v) is 10.8. The molecule has 0 aliphatic heterocycles. The van der Waals surface area contributed by atoms with E-state index in [0.717, 1.165) is 0 Å². The second-order valence-corrected chi connectivity index (χ2v) is 4.33. The Bertz CT molecular complexity index is 418. The van der Waals surface area contributed by atoms with Gasteiger partial charge in [0.15, 0.2) is 6.04 Å². The van der Waals surface area contributed by atoms with Crippen LogP contribution in [-0.4, -0.2) is 50.0 Å². The van der Waals surface area contributed by atoms with Crippen LogP contribution in [0.5, 0.6) is 0 Å². The zero-order chi connectivity index (χ0) is 14.4. The Morgan fingerprint density at radius 1 is 1.37 bits per heavy atom. The Balaban J connectivity index is 2.43. The predicted octanol–water partition coefficient (Wildman–Crippen LogP) is -0.595. The molecule has 4 N–H and O–H groups in total. The van der Waals surface area contributed by atoms with Crippen molar-refractivity contribution in [3.63, 3.8) is 0 Å². The first kappa shape index (κ1) is 15.0. The molecule has 8 heteroatoms. The van der Waals surface area contributed by atoms with E-state index in [0.29, 0.717) is 6.54 Å². The van der Waals surface area contributed by atoms with Crippen molar-refractivity contribution in [1.29, 1.82) is 0 Å². The fraction of sp³-hybridized carbons (Fsp3) is 0.545. The number of carbonyl (C=O) groups is 2.